The van der Waals surface area contributed by atoms with Gasteiger partial charge in [-0.05, 0) is 6.92 Å². The molecule has 7 nitrogen and oxygen atoms in total. The van der Waals surface area contributed by atoms with Gasteiger partial charge >= 0.3 is 11.9 Å². The average molecular weight is 282 g/mol. The van der Waals surface area contributed by atoms with E-state index in [0.717, 1.165) is 28.5 Å². The molecule has 17 heavy (non-hydrogen) atoms. The van der Waals surface area contributed by atoms with E-state index in [-0.39, 0.29) is 11.5 Å². The van der Waals surface area contributed by atoms with Gasteiger partial charge in [0.25, 0.3) is 0 Å². The maximum Gasteiger partial charge on any atom is 0.332 e. The Morgan fingerprint density at radius 1 is 1.29 bits per heavy atom. The second-order valence-electron chi connectivity index (χ2n) is 3.32. The van der Waals surface area contributed by atoms with E-state index in [9.17, 15) is 14.4 Å². The van der Waals surface area contributed by atoms with Crippen molar-refractivity contribution in [2.24, 2.45) is 11.5 Å². The maximum absolute atomic E-state index is 11.1. The third kappa shape index (κ3) is 4.94. The van der Waals surface area contributed by atoms with Crippen LogP contribution in [0.1, 0.15) is 6.92 Å². The molecule has 0 aromatic carbocycles. The molecule has 0 aliphatic heterocycles. The molecule has 0 bridgehead atoms. The highest BCUT2D eigenvalue weighted by Gasteiger charge is 2.39. The number of aliphatic carboxylic acids is 2. The zero-order valence-corrected chi connectivity index (χ0v) is 10.7. The number of nitrogens with two attached hydrogens (primary N) is 2. The number of rotatable bonds is 8. The van der Waals surface area contributed by atoms with Crippen molar-refractivity contribution in [2.45, 2.75) is 18.5 Å². The first-order valence-corrected chi connectivity index (χ1v) is 6.96. The molecule has 0 amide bonds. The van der Waals surface area contributed by atoms with Crippen LogP contribution in [0.2, 0.25) is 0 Å². The molecule has 0 aromatic heterocycles. The minimum Gasteiger partial charge on any atom is -0.480 e. The number of ketones is 1. The molecule has 0 heterocycles. The number of hydrogen-bond acceptors (Lipinski definition) is 7. The van der Waals surface area contributed by atoms with Crippen molar-refractivity contribution in [3.05, 3.63) is 0 Å². The Labute approximate surface area is 106 Å². The van der Waals surface area contributed by atoms with Crippen LogP contribution in [0.5, 0.6) is 0 Å². The zero-order chi connectivity index (χ0) is 13.6. The van der Waals surface area contributed by atoms with Gasteiger partial charge in [-0.1, -0.05) is 21.6 Å². The molecule has 9 heteroatoms. The molecule has 0 radical (unpaired) electrons. The molecular weight excluding hydrogens is 268 g/mol. The van der Waals surface area contributed by atoms with Gasteiger partial charge in [-0.15, -0.1) is 0 Å². The van der Waals surface area contributed by atoms with Crippen molar-refractivity contribution in [3.63, 3.8) is 0 Å². The Hall–Kier alpha value is -0.770. The molecule has 0 fully saturated rings. The fourth-order valence-corrected chi connectivity index (χ4v) is 3.16. The molecule has 0 saturated carbocycles. The Kier molecular flexibility index (Phi) is 6.53. The van der Waals surface area contributed by atoms with Crippen LogP contribution >= 0.6 is 21.6 Å². The first-order valence-electron chi connectivity index (χ1n) is 4.48. The third-order valence-electron chi connectivity index (χ3n) is 1.94. The van der Waals surface area contributed by atoms with E-state index in [4.69, 9.17) is 21.7 Å². The molecule has 98 valence electrons. The van der Waals surface area contributed by atoms with Crippen LogP contribution in [-0.4, -0.2) is 51.0 Å². The molecule has 2 atom stereocenters. The highest BCUT2D eigenvalue weighted by atomic mass is 33.1. The summed E-state index contributed by atoms with van der Waals surface area (Å²) in [5.41, 5.74) is 8.73. The number of carbonyl (C=O) groups excluding carboxylic acids is 1. The highest BCUT2D eigenvalue weighted by molar-refractivity contribution is 8.76. The number of hydrogen-bond donors (Lipinski definition) is 4. The van der Waals surface area contributed by atoms with Crippen LogP contribution in [0.4, 0.5) is 0 Å². The van der Waals surface area contributed by atoms with E-state index < -0.39 is 29.3 Å². The Bertz CT molecular complexity index is 309. The van der Waals surface area contributed by atoms with Crippen molar-refractivity contribution in [2.75, 3.05) is 11.5 Å². The molecule has 0 saturated heterocycles. The lowest BCUT2D eigenvalue weighted by atomic mass is 9.99. The lowest BCUT2D eigenvalue weighted by molar-refractivity contribution is -0.146. The summed E-state index contributed by atoms with van der Waals surface area (Å²) < 4.78 is 0. The van der Waals surface area contributed by atoms with Crippen molar-refractivity contribution >= 4 is 39.3 Å². The number of carbonyl (C=O) groups is 3. The van der Waals surface area contributed by atoms with Gasteiger partial charge in [0.1, 0.15) is 6.04 Å². The van der Waals surface area contributed by atoms with Gasteiger partial charge in [0.15, 0.2) is 11.3 Å². The molecule has 2 unspecified atom stereocenters. The SMILES string of the molecule is CC(=O)C(N)(CSSCC(N)C(=O)O)C(=O)O. The van der Waals surface area contributed by atoms with Crippen LogP contribution in [0.3, 0.4) is 0 Å². The lowest BCUT2D eigenvalue weighted by Gasteiger charge is -2.20. The molecule has 0 spiro atoms. The van der Waals surface area contributed by atoms with Crippen molar-refractivity contribution in [1.82, 2.24) is 0 Å². The van der Waals surface area contributed by atoms with E-state index in [1.165, 1.54) is 0 Å². The highest BCUT2D eigenvalue weighted by Crippen LogP contribution is 2.26. The maximum atomic E-state index is 11.1. The molecule has 0 rings (SSSR count). The summed E-state index contributed by atoms with van der Waals surface area (Å²) in [6.45, 7) is 1.10. The lowest BCUT2D eigenvalue weighted by Crippen LogP contribution is -2.56. The monoisotopic (exact) mass is 282 g/mol. The second kappa shape index (κ2) is 6.84. The number of carboxylic acid groups (broad SMARTS) is 2. The van der Waals surface area contributed by atoms with Crippen LogP contribution in [-0.2, 0) is 14.4 Å². The summed E-state index contributed by atoms with van der Waals surface area (Å²) in [5, 5.41) is 17.3. The van der Waals surface area contributed by atoms with E-state index in [0.29, 0.717) is 0 Å². The summed E-state index contributed by atoms with van der Waals surface area (Å²) >= 11 is 0. The molecule has 0 aliphatic carbocycles. The molecular formula is C8H14N2O5S2. The average Bonchev–Trinajstić information content (AvgIpc) is 2.22. The van der Waals surface area contributed by atoms with Crippen LogP contribution in [0, 0.1) is 0 Å². The minimum atomic E-state index is -1.94. The predicted molar refractivity (Wildman–Crippen MR) is 65.8 cm³/mol. The summed E-state index contributed by atoms with van der Waals surface area (Å²) in [6, 6.07) is -1.03. The summed E-state index contributed by atoms with van der Waals surface area (Å²) in [5.74, 6) is -3.23. The van der Waals surface area contributed by atoms with Gasteiger partial charge in [-0.2, -0.15) is 0 Å². The van der Waals surface area contributed by atoms with Crippen LogP contribution < -0.4 is 11.5 Å². The Morgan fingerprint density at radius 2 is 1.82 bits per heavy atom. The van der Waals surface area contributed by atoms with Gasteiger partial charge < -0.3 is 21.7 Å². The summed E-state index contributed by atoms with van der Waals surface area (Å²) in [7, 11) is 2.08. The zero-order valence-electron chi connectivity index (χ0n) is 9.08. The van der Waals surface area contributed by atoms with Gasteiger partial charge in [0.2, 0.25) is 0 Å². The fraction of sp³-hybridized carbons (Fsp3) is 0.625. The topological polar surface area (TPSA) is 144 Å². The number of carboxylic acids is 2. The van der Waals surface area contributed by atoms with E-state index in [1.807, 2.05) is 0 Å². The van der Waals surface area contributed by atoms with Gasteiger partial charge in [-0.3, -0.25) is 9.59 Å². The van der Waals surface area contributed by atoms with Crippen molar-refractivity contribution in [3.8, 4) is 0 Å². The standard InChI is InChI=1S/C8H14N2O5S2/c1-4(11)8(10,7(14)15)3-17-16-2-5(9)6(12)13/h5H,2-3,9-10H2,1H3,(H,12,13)(H,14,15). The normalized spacial score (nSPS) is 15.9. The first kappa shape index (κ1) is 16.2. The molecule has 0 aliphatic rings. The van der Waals surface area contributed by atoms with Gasteiger partial charge in [0, 0.05) is 11.5 Å². The van der Waals surface area contributed by atoms with Gasteiger partial charge in [-0.25, -0.2) is 4.79 Å². The fourth-order valence-electron chi connectivity index (χ4n) is 0.641. The minimum absolute atomic E-state index is 0.105. The predicted octanol–water partition coefficient (Wildman–Crippen LogP) is -0.849. The first-order chi connectivity index (χ1) is 7.71. The third-order valence-corrected chi connectivity index (χ3v) is 4.44. The smallest absolute Gasteiger partial charge is 0.332 e. The Morgan fingerprint density at radius 3 is 2.18 bits per heavy atom. The Balaban J connectivity index is 4.14. The summed E-state index contributed by atoms with van der Waals surface area (Å²) in [4.78, 5) is 32.3. The molecule has 0 aromatic rings. The van der Waals surface area contributed by atoms with Crippen LogP contribution in [0.15, 0.2) is 0 Å². The van der Waals surface area contributed by atoms with Crippen molar-refractivity contribution in [1.29, 1.82) is 0 Å². The van der Waals surface area contributed by atoms with Crippen LogP contribution in [0.25, 0.3) is 0 Å². The largest absolute Gasteiger partial charge is 0.480 e. The van der Waals surface area contributed by atoms with Crippen molar-refractivity contribution < 1.29 is 24.6 Å². The van der Waals surface area contributed by atoms with E-state index in [1.54, 1.807) is 0 Å². The van der Waals surface area contributed by atoms with E-state index in [2.05, 4.69) is 0 Å². The molecule has 6 N–H and O–H groups in total. The summed E-state index contributed by atoms with van der Waals surface area (Å²) in [6.07, 6.45) is 0. The second-order valence-corrected chi connectivity index (χ2v) is 5.83. The quantitative estimate of drug-likeness (QED) is 0.254. The number of Topliss-reactive ketones (excluding diaryl/α,β-unsaturated/α-hetero) is 1. The van der Waals surface area contributed by atoms with Gasteiger partial charge in [0.05, 0.1) is 0 Å². The van der Waals surface area contributed by atoms with E-state index >= 15 is 0 Å².